The second-order valence-electron chi connectivity index (χ2n) is 6.32. The standard InChI is InChI=1S/C22H22N2O5S2/c1-4-29-21(27)15-8-11-17-18(12-15)31-22(24(17)13-19(25)28-3)23-20(26)14-6-9-16(10-7-14)30-5-2/h6-12H,4-5,13H2,1-3H3. The molecule has 0 aliphatic rings. The van der Waals surface area contributed by atoms with Gasteiger partial charge in [0.1, 0.15) is 6.54 Å². The van der Waals surface area contributed by atoms with Gasteiger partial charge in [-0.3, -0.25) is 9.59 Å². The summed E-state index contributed by atoms with van der Waals surface area (Å²) in [6.45, 7) is 3.97. The number of fused-ring (bicyclic) bond motifs is 1. The van der Waals surface area contributed by atoms with E-state index in [1.807, 2.05) is 12.1 Å². The van der Waals surface area contributed by atoms with Crippen LogP contribution in [0.5, 0.6) is 0 Å². The lowest BCUT2D eigenvalue weighted by atomic mass is 10.2. The van der Waals surface area contributed by atoms with Crippen molar-refractivity contribution in [3.05, 3.63) is 58.4 Å². The molecule has 0 unspecified atom stereocenters. The van der Waals surface area contributed by atoms with Gasteiger partial charge in [-0.05, 0) is 55.1 Å². The topological polar surface area (TPSA) is 87.0 Å². The fourth-order valence-electron chi connectivity index (χ4n) is 2.86. The summed E-state index contributed by atoms with van der Waals surface area (Å²) in [6, 6.07) is 12.2. The Morgan fingerprint density at radius 3 is 2.42 bits per heavy atom. The summed E-state index contributed by atoms with van der Waals surface area (Å²) >= 11 is 2.90. The lowest BCUT2D eigenvalue weighted by molar-refractivity contribution is -0.141. The SMILES string of the molecule is CCOC(=O)c1ccc2c(c1)sc(=NC(=O)c1ccc(SCC)cc1)n2CC(=O)OC. The number of esters is 2. The molecule has 7 nitrogen and oxygen atoms in total. The Morgan fingerprint density at radius 1 is 1.06 bits per heavy atom. The van der Waals surface area contributed by atoms with Gasteiger partial charge in [-0.25, -0.2) is 4.79 Å². The second kappa shape index (κ2) is 10.4. The molecular weight excluding hydrogens is 436 g/mol. The highest BCUT2D eigenvalue weighted by Gasteiger charge is 2.15. The largest absolute Gasteiger partial charge is 0.468 e. The van der Waals surface area contributed by atoms with Crippen molar-refractivity contribution in [3.63, 3.8) is 0 Å². The Bertz CT molecular complexity index is 1180. The van der Waals surface area contributed by atoms with E-state index < -0.39 is 17.8 Å². The maximum absolute atomic E-state index is 12.8. The van der Waals surface area contributed by atoms with E-state index in [1.54, 1.807) is 53.6 Å². The lowest BCUT2D eigenvalue weighted by Gasteiger charge is -2.05. The minimum absolute atomic E-state index is 0.104. The van der Waals surface area contributed by atoms with Crippen molar-refractivity contribution in [2.45, 2.75) is 25.3 Å². The van der Waals surface area contributed by atoms with Gasteiger partial charge in [-0.15, -0.1) is 11.8 Å². The Balaban J connectivity index is 2.05. The number of nitrogens with zero attached hydrogens (tertiary/aromatic N) is 2. The average molecular weight is 459 g/mol. The highest BCUT2D eigenvalue weighted by atomic mass is 32.2. The summed E-state index contributed by atoms with van der Waals surface area (Å²) in [5, 5.41) is 0. The summed E-state index contributed by atoms with van der Waals surface area (Å²) in [4.78, 5) is 42.4. The van der Waals surface area contributed by atoms with Gasteiger partial charge in [0.2, 0.25) is 0 Å². The molecule has 1 heterocycles. The van der Waals surface area contributed by atoms with E-state index in [0.29, 0.717) is 26.1 Å². The predicted octanol–water partition coefficient (Wildman–Crippen LogP) is 3.91. The monoisotopic (exact) mass is 458 g/mol. The quantitative estimate of drug-likeness (QED) is 0.394. The van der Waals surface area contributed by atoms with Crippen molar-refractivity contribution in [2.75, 3.05) is 19.5 Å². The van der Waals surface area contributed by atoms with Crippen LogP contribution in [-0.4, -0.2) is 41.9 Å². The average Bonchev–Trinajstić information content (AvgIpc) is 3.10. The molecule has 0 saturated carbocycles. The van der Waals surface area contributed by atoms with Crippen molar-refractivity contribution in [2.24, 2.45) is 4.99 Å². The zero-order valence-electron chi connectivity index (χ0n) is 17.4. The van der Waals surface area contributed by atoms with Crippen molar-refractivity contribution >= 4 is 51.2 Å². The Morgan fingerprint density at radius 2 is 1.77 bits per heavy atom. The normalized spacial score (nSPS) is 11.5. The maximum Gasteiger partial charge on any atom is 0.338 e. The number of carbonyl (C=O) groups excluding carboxylic acids is 3. The van der Waals surface area contributed by atoms with Crippen LogP contribution in [-0.2, 0) is 20.8 Å². The van der Waals surface area contributed by atoms with Gasteiger partial charge in [-0.2, -0.15) is 4.99 Å². The predicted molar refractivity (Wildman–Crippen MR) is 121 cm³/mol. The smallest absolute Gasteiger partial charge is 0.338 e. The molecule has 0 spiro atoms. The van der Waals surface area contributed by atoms with Gasteiger partial charge in [0.25, 0.3) is 5.91 Å². The number of benzene rings is 2. The number of aromatic nitrogens is 1. The molecule has 0 aliphatic heterocycles. The minimum atomic E-state index is -0.469. The van der Waals surface area contributed by atoms with Crippen LogP contribution < -0.4 is 4.80 Å². The van der Waals surface area contributed by atoms with Crippen molar-refractivity contribution in [1.29, 1.82) is 0 Å². The zero-order valence-corrected chi connectivity index (χ0v) is 19.0. The number of thiazole rings is 1. The maximum atomic E-state index is 12.8. The number of carbonyl (C=O) groups is 3. The van der Waals surface area contributed by atoms with Gasteiger partial charge in [0, 0.05) is 10.5 Å². The van der Waals surface area contributed by atoms with E-state index >= 15 is 0 Å². The number of hydrogen-bond donors (Lipinski definition) is 0. The molecule has 9 heteroatoms. The summed E-state index contributed by atoms with van der Waals surface area (Å²) in [6.07, 6.45) is 0. The van der Waals surface area contributed by atoms with Crippen LogP contribution in [0.3, 0.4) is 0 Å². The molecule has 0 fully saturated rings. The molecule has 1 amide bonds. The molecule has 1 aromatic heterocycles. The first-order chi connectivity index (χ1) is 15.0. The molecule has 3 rings (SSSR count). The van der Waals surface area contributed by atoms with E-state index in [0.717, 1.165) is 10.6 Å². The van der Waals surface area contributed by atoms with Crippen LogP contribution in [0.25, 0.3) is 10.2 Å². The van der Waals surface area contributed by atoms with Crippen LogP contribution in [0.1, 0.15) is 34.6 Å². The van der Waals surface area contributed by atoms with Gasteiger partial charge in [-0.1, -0.05) is 18.3 Å². The molecule has 0 atom stereocenters. The van der Waals surface area contributed by atoms with Crippen molar-refractivity contribution in [3.8, 4) is 0 Å². The molecule has 0 saturated heterocycles. The van der Waals surface area contributed by atoms with E-state index in [4.69, 9.17) is 9.47 Å². The molecule has 3 aromatic rings. The first kappa shape index (κ1) is 22.8. The first-order valence-corrected chi connectivity index (χ1v) is 11.5. The van der Waals surface area contributed by atoms with Crippen LogP contribution in [0.15, 0.2) is 52.4 Å². The summed E-state index contributed by atoms with van der Waals surface area (Å²) in [7, 11) is 1.30. The number of ether oxygens (including phenoxy) is 2. The third-order valence-corrected chi connectivity index (χ3v) is 6.25. The summed E-state index contributed by atoms with van der Waals surface area (Å²) in [5.41, 5.74) is 1.52. The third-order valence-electron chi connectivity index (χ3n) is 4.32. The summed E-state index contributed by atoms with van der Waals surface area (Å²) in [5.74, 6) is -0.370. The number of methoxy groups -OCH3 is 1. The van der Waals surface area contributed by atoms with E-state index in [1.165, 1.54) is 18.4 Å². The number of rotatable bonds is 7. The van der Waals surface area contributed by atoms with Crippen molar-refractivity contribution < 1.29 is 23.9 Å². The van der Waals surface area contributed by atoms with Crippen LogP contribution in [0, 0.1) is 0 Å². The van der Waals surface area contributed by atoms with Gasteiger partial charge in [0.05, 0.1) is 29.5 Å². The van der Waals surface area contributed by atoms with Crippen molar-refractivity contribution in [1.82, 2.24) is 4.57 Å². The molecule has 162 valence electrons. The molecule has 0 bridgehead atoms. The molecule has 2 aromatic carbocycles. The lowest BCUT2D eigenvalue weighted by Crippen LogP contribution is -2.22. The minimum Gasteiger partial charge on any atom is -0.468 e. The first-order valence-electron chi connectivity index (χ1n) is 9.66. The molecule has 0 radical (unpaired) electrons. The number of amides is 1. The van der Waals surface area contributed by atoms with E-state index in [9.17, 15) is 14.4 Å². The fraction of sp³-hybridized carbons (Fsp3) is 0.273. The van der Waals surface area contributed by atoms with E-state index in [2.05, 4.69) is 11.9 Å². The Kier molecular flexibility index (Phi) is 7.64. The van der Waals surface area contributed by atoms with Crippen LogP contribution >= 0.6 is 23.1 Å². The molecule has 0 N–H and O–H groups in total. The molecule has 31 heavy (non-hydrogen) atoms. The second-order valence-corrected chi connectivity index (χ2v) is 8.67. The van der Waals surface area contributed by atoms with Crippen LogP contribution in [0.4, 0.5) is 0 Å². The number of thioether (sulfide) groups is 1. The molecule has 0 aliphatic carbocycles. The van der Waals surface area contributed by atoms with Gasteiger partial charge >= 0.3 is 11.9 Å². The van der Waals surface area contributed by atoms with E-state index in [-0.39, 0.29) is 13.2 Å². The zero-order chi connectivity index (χ0) is 22.4. The van der Waals surface area contributed by atoms with Crippen LogP contribution in [0.2, 0.25) is 0 Å². The van der Waals surface area contributed by atoms with Gasteiger partial charge in [0.15, 0.2) is 4.80 Å². The molecular formula is C22H22N2O5S2. The van der Waals surface area contributed by atoms with Gasteiger partial charge < -0.3 is 14.0 Å². The Labute approximate surface area is 187 Å². The number of hydrogen-bond acceptors (Lipinski definition) is 7. The fourth-order valence-corrected chi connectivity index (χ4v) is 4.59. The third kappa shape index (κ3) is 5.42. The summed E-state index contributed by atoms with van der Waals surface area (Å²) < 4.78 is 12.2. The highest BCUT2D eigenvalue weighted by molar-refractivity contribution is 7.99. The Hall–Kier alpha value is -2.91. The highest BCUT2D eigenvalue weighted by Crippen LogP contribution is 2.21.